The monoisotopic (exact) mass is 311 g/mol. The van der Waals surface area contributed by atoms with Crippen LogP contribution in [0.2, 0.25) is 0 Å². The topological polar surface area (TPSA) is 40.5 Å². The molecule has 0 saturated carbocycles. The van der Waals surface area contributed by atoms with Gasteiger partial charge in [-0.15, -0.1) is 0 Å². The van der Waals surface area contributed by atoms with Crippen LogP contribution in [0.5, 0.6) is 0 Å². The summed E-state index contributed by atoms with van der Waals surface area (Å²) in [6, 6.07) is 5.61. The first-order chi connectivity index (χ1) is 8.66. The van der Waals surface area contributed by atoms with Crippen LogP contribution in [0.4, 0.5) is 0 Å². The maximum absolute atomic E-state index is 11.1. The Bertz CT molecular complexity index is 426. The smallest absolute Gasteiger partial charge is 0.336 e. The van der Waals surface area contributed by atoms with Gasteiger partial charge in [0.05, 0.1) is 5.56 Å². The van der Waals surface area contributed by atoms with E-state index in [0.29, 0.717) is 10.0 Å². The molecule has 1 saturated heterocycles. The largest absolute Gasteiger partial charge is 0.478 e. The van der Waals surface area contributed by atoms with Crippen molar-refractivity contribution in [3.05, 3.63) is 33.8 Å². The maximum Gasteiger partial charge on any atom is 0.336 e. The fourth-order valence-electron chi connectivity index (χ4n) is 2.39. The van der Waals surface area contributed by atoms with Gasteiger partial charge in [-0.25, -0.2) is 4.79 Å². The number of carbonyl (C=O) groups is 1. The van der Waals surface area contributed by atoms with E-state index in [0.717, 1.165) is 25.2 Å². The van der Waals surface area contributed by atoms with Gasteiger partial charge < -0.3 is 5.11 Å². The molecule has 18 heavy (non-hydrogen) atoms. The van der Waals surface area contributed by atoms with Gasteiger partial charge in [0.2, 0.25) is 0 Å². The molecule has 0 amide bonds. The molecule has 2 rings (SSSR count). The summed E-state index contributed by atoms with van der Waals surface area (Å²) >= 11 is 3.27. The zero-order chi connectivity index (χ0) is 13.0. The zero-order valence-electron chi connectivity index (χ0n) is 10.4. The fourth-order valence-corrected chi connectivity index (χ4v) is 2.80. The molecule has 0 radical (unpaired) electrons. The summed E-state index contributed by atoms with van der Waals surface area (Å²) in [4.78, 5) is 13.5. The summed E-state index contributed by atoms with van der Waals surface area (Å²) in [7, 11) is 0. The van der Waals surface area contributed by atoms with E-state index >= 15 is 0 Å². The highest BCUT2D eigenvalue weighted by molar-refractivity contribution is 9.10. The lowest BCUT2D eigenvalue weighted by Gasteiger charge is -2.20. The number of benzene rings is 1. The average Bonchev–Trinajstić information content (AvgIpc) is 2.60. The molecule has 1 aromatic rings. The molecule has 1 aliphatic heterocycles. The van der Waals surface area contributed by atoms with Crippen molar-refractivity contribution in [2.24, 2.45) is 0 Å². The van der Waals surface area contributed by atoms with Gasteiger partial charge in [-0.05, 0) is 59.6 Å². The van der Waals surface area contributed by atoms with Crippen molar-refractivity contribution >= 4 is 21.9 Å². The van der Waals surface area contributed by atoms with Crippen molar-refractivity contribution in [3.63, 3.8) is 0 Å². The molecule has 0 aliphatic carbocycles. The number of rotatable bonds is 3. The van der Waals surface area contributed by atoms with E-state index in [-0.39, 0.29) is 0 Å². The standard InChI is InChI=1S/C14H18BrNO2/c15-13-6-5-11(9-12(13)14(17)18)10-16-7-3-1-2-4-8-16/h5-6,9H,1-4,7-8,10H2,(H,17,18). The number of hydrogen-bond acceptors (Lipinski definition) is 2. The van der Waals surface area contributed by atoms with E-state index in [2.05, 4.69) is 20.8 Å². The zero-order valence-corrected chi connectivity index (χ0v) is 11.9. The van der Waals surface area contributed by atoms with Crippen LogP contribution >= 0.6 is 15.9 Å². The van der Waals surface area contributed by atoms with Crippen LogP contribution in [-0.2, 0) is 6.54 Å². The Morgan fingerprint density at radius 1 is 1.22 bits per heavy atom. The van der Waals surface area contributed by atoms with Crippen LogP contribution in [0.25, 0.3) is 0 Å². The van der Waals surface area contributed by atoms with Gasteiger partial charge in [-0.3, -0.25) is 4.90 Å². The molecule has 0 unspecified atom stereocenters. The summed E-state index contributed by atoms with van der Waals surface area (Å²) in [6.45, 7) is 3.10. The van der Waals surface area contributed by atoms with Crippen LogP contribution < -0.4 is 0 Å². The van der Waals surface area contributed by atoms with Crippen LogP contribution in [0, 0.1) is 0 Å². The summed E-state index contributed by atoms with van der Waals surface area (Å²) in [5.74, 6) is -0.875. The molecule has 3 nitrogen and oxygen atoms in total. The van der Waals surface area contributed by atoms with Crippen molar-refractivity contribution in [2.75, 3.05) is 13.1 Å². The van der Waals surface area contributed by atoms with E-state index in [4.69, 9.17) is 5.11 Å². The highest BCUT2D eigenvalue weighted by Crippen LogP contribution is 2.20. The maximum atomic E-state index is 11.1. The Hall–Kier alpha value is -0.870. The molecular formula is C14H18BrNO2. The number of halogens is 1. The molecule has 0 aromatic heterocycles. The van der Waals surface area contributed by atoms with Crippen molar-refractivity contribution in [1.82, 2.24) is 4.90 Å². The second-order valence-corrected chi connectivity index (χ2v) is 5.66. The fraction of sp³-hybridized carbons (Fsp3) is 0.500. The highest BCUT2D eigenvalue weighted by atomic mass is 79.9. The summed E-state index contributed by atoms with van der Waals surface area (Å²) in [5.41, 5.74) is 1.43. The Balaban J connectivity index is 2.08. The molecule has 1 N–H and O–H groups in total. The molecule has 1 heterocycles. The molecule has 4 heteroatoms. The summed E-state index contributed by atoms with van der Waals surface area (Å²) < 4.78 is 0.648. The summed E-state index contributed by atoms with van der Waals surface area (Å²) in [6.07, 6.45) is 5.14. The van der Waals surface area contributed by atoms with Gasteiger partial charge in [0.25, 0.3) is 0 Å². The lowest BCUT2D eigenvalue weighted by Crippen LogP contribution is -2.24. The van der Waals surface area contributed by atoms with Crippen molar-refractivity contribution in [3.8, 4) is 0 Å². The van der Waals surface area contributed by atoms with Gasteiger partial charge >= 0.3 is 5.97 Å². The first-order valence-electron chi connectivity index (χ1n) is 6.41. The van der Waals surface area contributed by atoms with Crippen molar-refractivity contribution in [1.29, 1.82) is 0 Å². The second kappa shape index (κ2) is 6.34. The van der Waals surface area contributed by atoms with Gasteiger partial charge in [0, 0.05) is 11.0 Å². The third-order valence-electron chi connectivity index (χ3n) is 3.37. The molecule has 0 bridgehead atoms. The highest BCUT2D eigenvalue weighted by Gasteiger charge is 2.12. The van der Waals surface area contributed by atoms with Crippen molar-refractivity contribution in [2.45, 2.75) is 32.2 Å². The van der Waals surface area contributed by atoms with Crippen LogP contribution in [0.15, 0.2) is 22.7 Å². The number of nitrogens with zero attached hydrogens (tertiary/aromatic N) is 1. The number of likely N-dealkylation sites (tertiary alicyclic amines) is 1. The van der Waals surface area contributed by atoms with Crippen LogP contribution in [0.1, 0.15) is 41.6 Å². The average molecular weight is 312 g/mol. The lowest BCUT2D eigenvalue weighted by molar-refractivity contribution is 0.0695. The molecule has 1 aliphatic rings. The molecule has 98 valence electrons. The van der Waals surface area contributed by atoms with Gasteiger partial charge in [-0.2, -0.15) is 0 Å². The first kappa shape index (κ1) is 13.6. The third-order valence-corrected chi connectivity index (χ3v) is 4.06. The molecular weight excluding hydrogens is 294 g/mol. The SMILES string of the molecule is O=C(O)c1cc(CN2CCCCCC2)ccc1Br. The van der Waals surface area contributed by atoms with E-state index in [9.17, 15) is 4.79 Å². The van der Waals surface area contributed by atoms with Gasteiger partial charge in [0.15, 0.2) is 0 Å². The van der Waals surface area contributed by atoms with Gasteiger partial charge in [-0.1, -0.05) is 18.9 Å². The Morgan fingerprint density at radius 3 is 2.50 bits per heavy atom. The van der Waals surface area contributed by atoms with Crippen LogP contribution in [-0.4, -0.2) is 29.1 Å². The minimum Gasteiger partial charge on any atom is -0.478 e. The molecule has 1 aromatic carbocycles. The van der Waals surface area contributed by atoms with E-state index in [1.54, 1.807) is 6.07 Å². The van der Waals surface area contributed by atoms with Crippen LogP contribution in [0.3, 0.4) is 0 Å². The quantitative estimate of drug-likeness (QED) is 0.928. The number of aromatic carboxylic acids is 1. The summed E-state index contributed by atoms with van der Waals surface area (Å²) in [5, 5.41) is 9.10. The first-order valence-corrected chi connectivity index (χ1v) is 7.20. The Labute approximate surface area is 116 Å². The predicted octanol–water partition coefficient (Wildman–Crippen LogP) is 3.52. The number of hydrogen-bond donors (Lipinski definition) is 1. The van der Waals surface area contributed by atoms with Gasteiger partial charge in [0.1, 0.15) is 0 Å². The second-order valence-electron chi connectivity index (χ2n) is 4.81. The van der Waals surface area contributed by atoms with E-state index < -0.39 is 5.97 Å². The minimum atomic E-state index is -0.875. The lowest BCUT2D eigenvalue weighted by atomic mass is 10.1. The minimum absolute atomic E-state index is 0.349. The number of carboxylic acids is 1. The Kier molecular flexibility index (Phi) is 4.78. The number of carboxylic acid groups (broad SMARTS) is 1. The predicted molar refractivity (Wildman–Crippen MR) is 74.8 cm³/mol. The van der Waals surface area contributed by atoms with Crippen molar-refractivity contribution < 1.29 is 9.90 Å². The van der Waals surface area contributed by atoms with E-state index in [1.807, 2.05) is 12.1 Å². The normalized spacial score (nSPS) is 17.4. The molecule has 0 spiro atoms. The molecule has 0 atom stereocenters. The Morgan fingerprint density at radius 2 is 1.89 bits per heavy atom. The molecule has 1 fully saturated rings. The third kappa shape index (κ3) is 3.56. The van der Waals surface area contributed by atoms with E-state index in [1.165, 1.54) is 25.7 Å².